The van der Waals surface area contributed by atoms with Gasteiger partial charge < -0.3 is 0 Å². The molecule has 0 heterocycles. The number of hydrogen-bond donors (Lipinski definition) is 0. The van der Waals surface area contributed by atoms with Crippen LogP contribution < -0.4 is 0 Å². The lowest BCUT2D eigenvalue weighted by Gasteiger charge is -2.24. The van der Waals surface area contributed by atoms with Crippen LogP contribution in [0.4, 0.5) is 0 Å². The molecule has 0 N–H and O–H groups in total. The predicted molar refractivity (Wildman–Crippen MR) is 90.3 cm³/mol. The van der Waals surface area contributed by atoms with Crippen LogP contribution in [0.15, 0.2) is 85.0 Å². The summed E-state index contributed by atoms with van der Waals surface area (Å²) in [6.45, 7) is 0. The number of hydrogen-bond acceptors (Lipinski definition) is 0. The van der Waals surface area contributed by atoms with Crippen molar-refractivity contribution in [2.24, 2.45) is 5.92 Å². The van der Waals surface area contributed by atoms with Gasteiger partial charge in [-0.1, -0.05) is 85.0 Å². The van der Waals surface area contributed by atoms with Gasteiger partial charge in [0.2, 0.25) is 0 Å². The highest BCUT2D eigenvalue weighted by Gasteiger charge is 2.21. The number of rotatable bonds is 4. The van der Waals surface area contributed by atoms with Crippen LogP contribution in [0.3, 0.4) is 0 Å². The van der Waals surface area contributed by atoms with E-state index in [1.165, 1.54) is 11.1 Å². The standard InChI is InChI=1S/C21H22/c1-2-8-14-19(13-7-1)21(20-15-9-4-10-16-20)17-18-11-5-3-6-12-18/h1,3-12,14-16,19,21H,2,13,17H2. The summed E-state index contributed by atoms with van der Waals surface area (Å²) in [6, 6.07) is 21.8. The third-order valence-electron chi connectivity index (χ3n) is 4.27. The first-order valence-electron chi connectivity index (χ1n) is 7.84. The molecular formula is C21H22. The maximum absolute atomic E-state index is 2.42. The molecule has 0 aromatic heterocycles. The molecule has 106 valence electrons. The fourth-order valence-electron chi connectivity index (χ4n) is 3.14. The van der Waals surface area contributed by atoms with Crippen LogP contribution in [0.1, 0.15) is 29.9 Å². The Kier molecular flexibility index (Phi) is 4.68. The Bertz CT molecular complexity index is 592. The SMILES string of the molecule is C1=CCC(C(Cc2ccccc2)c2ccccc2)C=CC1. The molecule has 0 nitrogen and oxygen atoms in total. The zero-order valence-electron chi connectivity index (χ0n) is 12.4. The van der Waals surface area contributed by atoms with Gasteiger partial charge in [0, 0.05) is 0 Å². The minimum Gasteiger partial charge on any atom is -0.0876 e. The number of allylic oxidation sites excluding steroid dienone is 4. The fraction of sp³-hybridized carbons (Fsp3) is 0.238. The summed E-state index contributed by atoms with van der Waals surface area (Å²) in [5.74, 6) is 1.14. The minimum atomic E-state index is 0.549. The zero-order valence-corrected chi connectivity index (χ0v) is 12.4. The molecule has 0 amide bonds. The highest BCUT2D eigenvalue weighted by Crippen LogP contribution is 2.33. The van der Waals surface area contributed by atoms with Gasteiger partial charge in [0.15, 0.2) is 0 Å². The summed E-state index contributed by atoms with van der Waals surface area (Å²) in [5.41, 5.74) is 2.87. The van der Waals surface area contributed by atoms with Gasteiger partial charge in [-0.25, -0.2) is 0 Å². The molecule has 2 aromatic rings. The van der Waals surface area contributed by atoms with E-state index in [2.05, 4.69) is 85.0 Å². The van der Waals surface area contributed by atoms with E-state index < -0.39 is 0 Å². The zero-order chi connectivity index (χ0) is 14.3. The van der Waals surface area contributed by atoms with Crippen molar-refractivity contribution in [3.63, 3.8) is 0 Å². The molecule has 1 aliphatic carbocycles. The topological polar surface area (TPSA) is 0 Å². The lowest BCUT2D eigenvalue weighted by molar-refractivity contribution is 0.509. The van der Waals surface area contributed by atoms with E-state index in [-0.39, 0.29) is 0 Å². The van der Waals surface area contributed by atoms with E-state index in [0.29, 0.717) is 11.8 Å². The summed E-state index contributed by atoms with van der Waals surface area (Å²) in [4.78, 5) is 0. The second-order valence-electron chi connectivity index (χ2n) is 5.74. The van der Waals surface area contributed by atoms with E-state index >= 15 is 0 Å². The van der Waals surface area contributed by atoms with Crippen molar-refractivity contribution in [3.8, 4) is 0 Å². The molecule has 2 atom stereocenters. The van der Waals surface area contributed by atoms with Gasteiger partial charge in [-0.3, -0.25) is 0 Å². The molecule has 1 aliphatic rings. The predicted octanol–water partition coefficient (Wildman–Crippen LogP) is 5.54. The third kappa shape index (κ3) is 3.72. The molecular weight excluding hydrogens is 252 g/mol. The molecule has 2 aromatic carbocycles. The average Bonchev–Trinajstić information content (AvgIpc) is 2.84. The Labute approximate surface area is 127 Å². The molecule has 0 aliphatic heterocycles. The van der Waals surface area contributed by atoms with Gasteiger partial charge >= 0.3 is 0 Å². The first-order chi connectivity index (χ1) is 10.4. The molecule has 3 rings (SSSR count). The molecule has 0 heteroatoms. The highest BCUT2D eigenvalue weighted by atomic mass is 14.2. The van der Waals surface area contributed by atoms with Gasteiger partial charge in [-0.2, -0.15) is 0 Å². The second kappa shape index (κ2) is 7.08. The molecule has 0 spiro atoms. The summed E-state index contributed by atoms with van der Waals surface area (Å²) in [5, 5.41) is 0. The quantitative estimate of drug-likeness (QED) is 0.642. The third-order valence-corrected chi connectivity index (χ3v) is 4.27. The number of benzene rings is 2. The van der Waals surface area contributed by atoms with Crippen LogP contribution >= 0.6 is 0 Å². The molecule has 2 unspecified atom stereocenters. The molecule has 0 fully saturated rings. The maximum atomic E-state index is 2.42. The molecule has 0 saturated heterocycles. The van der Waals surface area contributed by atoms with Crippen molar-refractivity contribution in [2.75, 3.05) is 0 Å². The fourth-order valence-corrected chi connectivity index (χ4v) is 3.14. The van der Waals surface area contributed by atoms with Crippen LogP contribution in [0, 0.1) is 5.92 Å². The van der Waals surface area contributed by atoms with Gasteiger partial charge in [-0.15, -0.1) is 0 Å². The van der Waals surface area contributed by atoms with Crippen LogP contribution in [0.5, 0.6) is 0 Å². The van der Waals surface area contributed by atoms with Crippen LogP contribution in [-0.4, -0.2) is 0 Å². The first-order valence-corrected chi connectivity index (χ1v) is 7.84. The molecule has 0 radical (unpaired) electrons. The lowest BCUT2D eigenvalue weighted by atomic mass is 9.80. The van der Waals surface area contributed by atoms with E-state index in [9.17, 15) is 0 Å². The van der Waals surface area contributed by atoms with Crippen molar-refractivity contribution < 1.29 is 0 Å². The van der Waals surface area contributed by atoms with Gasteiger partial charge in [0.1, 0.15) is 0 Å². The summed E-state index contributed by atoms with van der Waals surface area (Å²) in [7, 11) is 0. The monoisotopic (exact) mass is 274 g/mol. The van der Waals surface area contributed by atoms with Crippen molar-refractivity contribution in [2.45, 2.75) is 25.2 Å². The average molecular weight is 274 g/mol. The maximum Gasteiger partial charge on any atom is -0.00556 e. The summed E-state index contributed by atoms with van der Waals surface area (Å²) < 4.78 is 0. The van der Waals surface area contributed by atoms with Gasteiger partial charge in [0.05, 0.1) is 0 Å². The van der Waals surface area contributed by atoms with Crippen molar-refractivity contribution >= 4 is 0 Å². The van der Waals surface area contributed by atoms with Crippen LogP contribution in [-0.2, 0) is 6.42 Å². The van der Waals surface area contributed by atoms with Crippen LogP contribution in [0.2, 0.25) is 0 Å². The van der Waals surface area contributed by atoms with Gasteiger partial charge in [-0.05, 0) is 42.2 Å². The molecule has 0 bridgehead atoms. The Morgan fingerprint density at radius 3 is 2.29 bits per heavy atom. The van der Waals surface area contributed by atoms with Crippen LogP contribution in [0.25, 0.3) is 0 Å². The first kappa shape index (κ1) is 13.9. The highest BCUT2D eigenvalue weighted by molar-refractivity contribution is 5.27. The molecule has 0 saturated carbocycles. The largest absolute Gasteiger partial charge is 0.0876 e. The Morgan fingerprint density at radius 1 is 0.810 bits per heavy atom. The Balaban J connectivity index is 1.89. The van der Waals surface area contributed by atoms with E-state index in [4.69, 9.17) is 0 Å². The van der Waals surface area contributed by atoms with E-state index in [0.717, 1.165) is 19.3 Å². The van der Waals surface area contributed by atoms with Crippen molar-refractivity contribution in [1.82, 2.24) is 0 Å². The van der Waals surface area contributed by atoms with Crippen molar-refractivity contribution in [1.29, 1.82) is 0 Å². The smallest absolute Gasteiger partial charge is 0.00556 e. The van der Waals surface area contributed by atoms with E-state index in [1.807, 2.05) is 0 Å². The molecule has 21 heavy (non-hydrogen) atoms. The Morgan fingerprint density at radius 2 is 1.52 bits per heavy atom. The summed E-state index contributed by atoms with van der Waals surface area (Å²) >= 11 is 0. The lowest BCUT2D eigenvalue weighted by Crippen LogP contribution is -2.13. The normalized spacial score (nSPS) is 19.1. The minimum absolute atomic E-state index is 0.549. The Hall–Kier alpha value is -2.08. The second-order valence-corrected chi connectivity index (χ2v) is 5.74. The van der Waals surface area contributed by atoms with E-state index in [1.54, 1.807) is 0 Å². The van der Waals surface area contributed by atoms with Crippen molar-refractivity contribution in [3.05, 3.63) is 96.1 Å². The van der Waals surface area contributed by atoms with Gasteiger partial charge in [0.25, 0.3) is 0 Å². The summed E-state index contributed by atoms with van der Waals surface area (Å²) in [6.07, 6.45) is 12.7.